The van der Waals surface area contributed by atoms with E-state index in [1.165, 1.54) is 6.92 Å². The second kappa shape index (κ2) is 4.17. The van der Waals surface area contributed by atoms with Crippen LogP contribution >= 0.6 is 0 Å². The van der Waals surface area contributed by atoms with Gasteiger partial charge in [-0.1, -0.05) is 6.92 Å². The Morgan fingerprint density at radius 3 is 2.25 bits per heavy atom. The maximum Gasteiger partial charge on any atom is 0.255 e. The molecule has 0 aliphatic rings. The van der Waals surface area contributed by atoms with Gasteiger partial charge >= 0.3 is 0 Å². The number of amides is 1. The van der Waals surface area contributed by atoms with Crippen LogP contribution in [0.2, 0.25) is 0 Å². The highest BCUT2D eigenvalue weighted by Crippen LogP contribution is 1.95. The van der Waals surface area contributed by atoms with E-state index >= 15 is 0 Å². The van der Waals surface area contributed by atoms with E-state index in [0.717, 1.165) is 0 Å². The lowest BCUT2D eigenvalue weighted by atomic mass is 10.5. The Balaban J connectivity index is 4.34. The first kappa shape index (κ1) is 11.1. The van der Waals surface area contributed by atoms with Crippen molar-refractivity contribution in [1.82, 2.24) is 5.43 Å². The first-order valence-corrected chi connectivity index (χ1v) is 4.84. The molecule has 0 aromatic heterocycles. The minimum atomic E-state index is -3.76. The molecule has 1 amide bonds. The van der Waals surface area contributed by atoms with Crippen molar-refractivity contribution in [3.8, 4) is 0 Å². The molecule has 0 saturated heterocycles. The molecule has 0 aliphatic carbocycles. The van der Waals surface area contributed by atoms with Crippen molar-refractivity contribution in [2.75, 3.05) is 5.75 Å². The number of carbonyl (C=O) groups excluding carboxylic acids is 2. The Morgan fingerprint density at radius 2 is 1.92 bits per heavy atom. The quantitative estimate of drug-likeness (QED) is 0.242. The van der Waals surface area contributed by atoms with E-state index in [-0.39, 0.29) is 5.75 Å². The summed E-state index contributed by atoms with van der Waals surface area (Å²) in [7, 11) is -3.76. The van der Waals surface area contributed by atoms with Crippen molar-refractivity contribution in [1.29, 1.82) is 0 Å². The maximum atomic E-state index is 10.8. The van der Waals surface area contributed by atoms with Gasteiger partial charge in [0.1, 0.15) is 6.42 Å². The normalized spacial score (nSPS) is 10.8. The van der Waals surface area contributed by atoms with Crippen LogP contribution in [0.4, 0.5) is 0 Å². The molecule has 0 saturated carbocycles. The predicted molar refractivity (Wildman–Crippen MR) is 41.4 cm³/mol. The molecular weight excluding hydrogens is 184 g/mol. The molecule has 0 rings (SSSR count). The molecule has 0 atom stereocenters. The number of sulfone groups is 1. The molecule has 0 radical (unpaired) electrons. The molecular formula is C5H10N2O4S. The van der Waals surface area contributed by atoms with Crippen LogP contribution in [0.1, 0.15) is 13.3 Å². The number of hydrazine groups is 1. The van der Waals surface area contributed by atoms with Crippen LogP contribution in [0.25, 0.3) is 0 Å². The van der Waals surface area contributed by atoms with E-state index in [9.17, 15) is 18.0 Å². The van der Waals surface area contributed by atoms with E-state index in [4.69, 9.17) is 0 Å². The number of hydrogen-bond acceptors (Lipinski definition) is 5. The van der Waals surface area contributed by atoms with Crippen LogP contribution in [0.15, 0.2) is 0 Å². The SMILES string of the molecule is CCS(=O)(=O)C(=O)CC(=O)NN. The third-order valence-corrected chi connectivity index (χ3v) is 2.79. The van der Waals surface area contributed by atoms with Gasteiger partial charge in [0.05, 0.1) is 5.75 Å². The van der Waals surface area contributed by atoms with Crippen molar-refractivity contribution in [2.45, 2.75) is 13.3 Å². The highest BCUT2D eigenvalue weighted by atomic mass is 32.2. The zero-order valence-corrected chi connectivity index (χ0v) is 7.35. The van der Waals surface area contributed by atoms with E-state index in [1.54, 1.807) is 5.43 Å². The van der Waals surface area contributed by atoms with Crippen molar-refractivity contribution in [3.63, 3.8) is 0 Å². The fraction of sp³-hybridized carbons (Fsp3) is 0.600. The lowest BCUT2D eigenvalue weighted by Crippen LogP contribution is -2.33. The zero-order valence-electron chi connectivity index (χ0n) is 6.53. The van der Waals surface area contributed by atoms with Crippen molar-refractivity contribution < 1.29 is 18.0 Å². The lowest BCUT2D eigenvalue weighted by molar-refractivity contribution is -0.125. The molecule has 0 aromatic carbocycles. The fourth-order valence-electron chi connectivity index (χ4n) is 0.453. The molecule has 3 N–H and O–H groups in total. The topological polar surface area (TPSA) is 106 Å². The van der Waals surface area contributed by atoms with Gasteiger partial charge in [0, 0.05) is 0 Å². The van der Waals surface area contributed by atoms with Gasteiger partial charge in [-0.05, 0) is 0 Å². The molecule has 12 heavy (non-hydrogen) atoms. The molecule has 70 valence electrons. The van der Waals surface area contributed by atoms with Crippen molar-refractivity contribution >= 4 is 20.9 Å². The fourth-order valence-corrected chi connectivity index (χ4v) is 1.13. The maximum absolute atomic E-state index is 10.8. The standard InChI is InChI=1S/C5H10N2O4S/c1-2-12(10,11)5(9)3-4(8)7-6/h2-3,6H2,1H3,(H,7,8). The van der Waals surface area contributed by atoms with E-state index in [2.05, 4.69) is 5.84 Å². The lowest BCUT2D eigenvalue weighted by Gasteiger charge is -1.98. The van der Waals surface area contributed by atoms with Crippen LogP contribution in [0.5, 0.6) is 0 Å². The minimum Gasteiger partial charge on any atom is -0.294 e. The van der Waals surface area contributed by atoms with Gasteiger partial charge < -0.3 is 0 Å². The molecule has 0 heterocycles. The van der Waals surface area contributed by atoms with Crippen molar-refractivity contribution in [3.05, 3.63) is 0 Å². The number of rotatable bonds is 3. The third kappa shape index (κ3) is 2.97. The smallest absolute Gasteiger partial charge is 0.255 e. The molecule has 0 fully saturated rings. The van der Waals surface area contributed by atoms with Crippen molar-refractivity contribution in [2.24, 2.45) is 5.84 Å². The predicted octanol–water partition coefficient (Wildman–Crippen LogP) is -1.67. The average molecular weight is 194 g/mol. The summed E-state index contributed by atoms with van der Waals surface area (Å²) in [5.74, 6) is 3.55. The summed E-state index contributed by atoms with van der Waals surface area (Å²) < 4.78 is 21.6. The summed E-state index contributed by atoms with van der Waals surface area (Å²) in [6.07, 6.45) is -0.716. The van der Waals surface area contributed by atoms with Gasteiger partial charge in [-0.15, -0.1) is 0 Å². The van der Waals surface area contributed by atoms with Crippen LogP contribution < -0.4 is 11.3 Å². The molecule has 0 aromatic rings. The van der Waals surface area contributed by atoms with Crippen LogP contribution in [-0.2, 0) is 19.4 Å². The molecule has 7 heteroatoms. The molecule has 0 spiro atoms. The van der Waals surface area contributed by atoms with E-state index in [0.29, 0.717) is 0 Å². The van der Waals surface area contributed by atoms with E-state index < -0.39 is 27.3 Å². The van der Waals surface area contributed by atoms with Gasteiger partial charge in [0.15, 0.2) is 0 Å². The summed E-state index contributed by atoms with van der Waals surface area (Å²) in [5.41, 5.74) is 1.67. The summed E-state index contributed by atoms with van der Waals surface area (Å²) in [6.45, 7) is 1.33. The molecule has 0 aliphatic heterocycles. The number of carbonyl (C=O) groups is 2. The monoisotopic (exact) mass is 194 g/mol. The number of nitrogens with one attached hydrogen (secondary N) is 1. The Labute approximate surface area is 70.0 Å². The third-order valence-electron chi connectivity index (χ3n) is 1.19. The summed E-state index contributed by atoms with van der Waals surface area (Å²) in [6, 6.07) is 0. The highest BCUT2D eigenvalue weighted by molar-refractivity contribution is 8.06. The minimum absolute atomic E-state index is 0.302. The Kier molecular flexibility index (Phi) is 3.84. The number of nitrogens with two attached hydrogens (primary N) is 1. The summed E-state index contributed by atoms with van der Waals surface area (Å²) in [5, 5.41) is -1.10. The molecule has 0 bridgehead atoms. The second-order valence-electron chi connectivity index (χ2n) is 2.02. The van der Waals surface area contributed by atoms with Crippen LogP contribution in [-0.4, -0.2) is 25.2 Å². The summed E-state index contributed by atoms with van der Waals surface area (Å²) >= 11 is 0. The Bertz CT molecular complexity index is 282. The average Bonchev–Trinajstić information content (AvgIpc) is 2.04. The van der Waals surface area contributed by atoms with Gasteiger partial charge in [-0.2, -0.15) is 0 Å². The highest BCUT2D eigenvalue weighted by Gasteiger charge is 2.21. The van der Waals surface area contributed by atoms with E-state index in [1.807, 2.05) is 0 Å². The van der Waals surface area contributed by atoms with Crippen LogP contribution in [0.3, 0.4) is 0 Å². The Hall–Kier alpha value is -0.950. The second-order valence-corrected chi connectivity index (χ2v) is 4.28. The first-order valence-electron chi connectivity index (χ1n) is 3.19. The largest absolute Gasteiger partial charge is 0.294 e. The van der Waals surface area contributed by atoms with Crippen LogP contribution in [0, 0.1) is 0 Å². The first-order chi connectivity index (χ1) is 5.44. The zero-order chi connectivity index (χ0) is 9.78. The van der Waals surface area contributed by atoms with Gasteiger partial charge in [-0.3, -0.25) is 15.0 Å². The molecule has 6 nitrogen and oxygen atoms in total. The number of hydrogen-bond donors (Lipinski definition) is 2. The van der Waals surface area contributed by atoms with Gasteiger partial charge in [0.25, 0.3) is 5.12 Å². The summed E-state index contributed by atoms with van der Waals surface area (Å²) in [4.78, 5) is 21.2. The van der Waals surface area contributed by atoms with Gasteiger partial charge in [-0.25, -0.2) is 14.3 Å². The van der Waals surface area contributed by atoms with Gasteiger partial charge in [0.2, 0.25) is 15.7 Å². The molecule has 0 unspecified atom stereocenters. The Morgan fingerprint density at radius 1 is 1.42 bits per heavy atom.